The van der Waals surface area contributed by atoms with Crippen LogP contribution in [0.15, 0.2) is 30.3 Å². The number of para-hydroxylation sites is 1. The monoisotopic (exact) mass is 263 g/mol. The van der Waals surface area contributed by atoms with Gasteiger partial charge in [-0.1, -0.05) is 18.2 Å². The maximum atomic E-state index is 12.2. The number of ketones is 1. The zero-order valence-electron chi connectivity index (χ0n) is 10.6. The van der Waals surface area contributed by atoms with E-state index in [4.69, 9.17) is 4.74 Å². The number of hydrogen-bond donors (Lipinski definition) is 2. The number of carboxylic acid groups (broad SMARTS) is 1. The number of piperidine rings is 1. The summed E-state index contributed by atoms with van der Waals surface area (Å²) in [6.07, 6.45) is 1.94. The Balaban J connectivity index is 2.02. The van der Waals surface area contributed by atoms with Gasteiger partial charge in [0.1, 0.15) is 12.4 Å². The summed E-state index contributed by atoms with van der Waals surface area (Å²) >= 11 is 0. The Labute approximate surface area is 111 Å². The lowest BCUT2D eigenvalue weighted by molar-refractivity contribution is -0.152. The largest absolute Gasteiger partial charge is 0.486 e. The average molecular weight is 263 g/mol. The lowest BCUT2D eigenvalue weighted by Gasteiger charge is -2.32. The van der Waals surface area contributed by atoms with Crippen molar-refractivity contribution in [2.45, 2.75) is 24.8 Å². The molecule has 0 spiro atoms. The first-order valence-corrected chi connectivity index (χ1v) is 6.35. The van der Waals surface area contributed by atoms with Crippen LogP contribution in [0.4, 0.5) is 0 Å². The second-order valence-corrected chi connectivity index (χ2v) is 4.62. The smallest absolute Gasteiger partial charge is 0.331 e. The van der Waals surface area contributed by atoms with E-state index in [0.29, 0.717) is 18.7 Å². The molecule has 1 fully saturated rings. The molecule has 1 saturated heterocycles. The molecule has 1 aliphatic heterocycles. The Morgan fingerprint density at radius 1 is 1.26 bits per heavy atom. The molecular formula is C14H17NO4. The van der Waals surface area contributed by atoms with E-state index in [2.05, 4.69) is 5.32 Å². The molecule has 0 radical (unpaired) electrons. The maximum Gasteiger partial charge on any atom is 0.331 e. The highest BCUT2D eigenvalue weighted by molar-refractivity contribution is 6.08. The molecule has 5 nitrogen and oxygen atoms in total. The summed E-state index contributed by atoms with van der Waals surface area (Å²) < 4.78 is 5.34. The molecule has 0 bridgehead atoms. The molecule has 2 rings (SSSR count). The standard InChI is InChI=1S/C14H17NO4/c16-12(10-19-11-6-2-1-3-7-11)14(13(17)18)8-4-5-9-15-14/h1-3,6-7,15H,4-5,8-10H2,(H,17,18). The van der Waals surface area contributed by atoms with Gasteiger partial charge in [0, 0.05) is 0 Å². The minimum atomic E-state index is -1.48. The molecule has 1 aromatic carbocycles. The van der Waals surface area contributed by atoms with Gasteiger partial charge in [0.15, 0.2) is 5.54 Å². The molecule has 1 aromatic rings. The number of Topliss-reactive ketones (excluding diaryl/α,β-unsaturated/α-hetero) is 1. The number of carbonyl (C=O) groups excluding carboxylic acids is 1. The number of ether oxygens (including phenoxy) is 1. The van der Waals surface area contributed by atoms with Gasteiger partial charge < -0.3 is 9.84 Å². The first kappa shape index (κ1) is 13.5. The molecule has 1 unspecified atom stereocenters. The van der Waals surface area contributed by atoms with Crippen LogP contribution in [0.1, 0.15) is 19.3 Å². The van der Waals surface area contributed by atoms with Crippen LogP contribution < -0.4 is 10.1 Å². The average Bonchev–Trinajstić information content (AvgIpc) is 2.46. The van der Waals surface area contributed by atoms with Gasteiger partial charge in [-0.15, -0.1) is 0 Å². The summed E-state index contributed by atoms with van der Waals surface area (Å²) in [5.74, 6) is -0.982. The highest BCUT2D eigenvalue weighted by Gasteiger charge is 2.46. The van der Waals surface area contributed by atoms with E-state index in [9.17, 15) is 14.7 Å². The second-order valence-electron chi connectivity index (χ2n) is 4.62. The summed E-state index contributed by atoms with van der Waals surface area (Å²) in [5, 5.41) is 12.2. The third kappa shape index (κ3) is 2.93. The predicted octanol–water partition coefficient (Wildman–Crippen LogP) is 1.23. The Morgan fingerprint density at radius 3 is 2.58 bits per heavy atom. The molecule has 1 heterocycles. The van der Waals surface area contributed by atoms with E-state index in [1.54, 1.807) is 24.3 Å². The molecule has 102 valence electrons. The van der Waals surface area contributed by atoms with E-state index in [0.717, 1.165) is 12.8 Å². The van der Waals surface area contributed by atoms with Crippen molar-refractivity contribution in [2.75, 3.05) is 13.2 Å². The number of aliphatic carboxylic acids is 1. The summed E-state index contributed by atoms with van der Waals surface area (Å²) in [6.45, 7) is 0.312. The molecule has 2 N–H and O–H groups in total. The van der Waals surface area contributed by atoms with Gasteiger partial charge in [-0.2, -0.15) is 0 Å². The molecule has 0 amide bonds. The summed E-state index contributed by atoms with van der Waals surface area (Å²) in [5.41, 5.74) is -1.48. The van der Waals surface area contributed by atoms with Crippen LogP contribution in [0.5, 0.6) is 5.75 Å². The zero-order valence-corrected chi connectivity index (χ0v) is 10.6. The fourth-order valence-corrected chi connectivity index (χ4v) is 2.23. The molecular weight excluding hydrogens is 246 g/mol. The fraction of sp³-hybridized carbons (Fsp3) is 0.429. The number of hydrogen-bond acceptors (Lipinski definition) is 4. The van der Waals surface area contributed by atoms with Crippen molar-refractivity contribution < 1.29 is 19.4 Å². The van der Waals surface area contributed by atoms with Crippen LogP contribution in [-0.4, -0.2) is 35.5 Å². The van der Waals surface area contributed by atoms with Gasteiger partial charge in [-0.3, -0.25) is 10.1 Å². The minimum absolute atomic E-state index is 0.233. The SMILES string of the molecule is O=C(O)C1(C(=O)COc2ccccc2)CCCCN1. The number of benzene rings is 1. The lowest BCUT2D eigenvalue weighted by Crippen LogP contribution is -2.61. The van der Waals surface area contributed by atoms with Gasteiger partial charge in [0.05, 0.1) is 0 Å². The Hall–Kier alpha value is -1.88. The first-order valence-electron chi connectivity index (χ1n) is 6.35. The summed E-state index contributed by atoms with van der Waals surface area (Å²) in [6, 6.07) is 8.90. The van der Waals surface area contributed by atoms with Crippen molar-refractivity contribution in [3.63, 3.8) is 0 Å². The minimum Gasteiger partial charge on any atom is -0.486 e. The predicted molar refractivity (Wildman–Crippen MR) is 69.2 cm³/mol. The van der Waals surface area contributed by atoms with Gasteiger partial charge in [-0.25, -0.2) is 4.79 Å². The first-order chi connectivity index (χ1) is 9.15. The molecule has 5 heteroatoms. The Morgan fingerprint density at radius 2 is 2.00 bits per heavy atom. The topological polar surface area (TPSA) is 75.6 Å². The number of carboxylic acids is 1. The van der Waals surface area contributed by atoms with Crippen LogP contribution >= 0.6 is 0 Å². The molecule has 1 atom stereocenters. The second kappa shape index (κ2) is 5.84. The molecule has 0 aromatic heterocycles. The van der Waals surface area contributed by atoms with E-state index in [1.807, 2.05) is 6.07 Å². The van der Waals surface area contributed by atoms with Gasteiger partial charge in [-0.05, 0) is 37.9 Å². The number of rotatable bonds is 5. The van der Waals surface area contributed by atoms with Gasteiger partial charge in [0.25, 0.3) is 0 Å². The molecule has 0 saturated carbocycles. The van der Waals surface area contributed by atoms with Gasteiger partial charge >= 0.3 is 5.97 Å². The molecule has 1 aliphatic rings. The normalized spacial score (nSPS) is 22.7. The van der Waals surface area contributed by atoms with Crippen LogP contribution in [0.25, 0.3) is 0 Å². The van der Waals surface area contributed by atoms with Crippen LogP contribution in [0.2, 0.25) is 0 Å². The molecule has 0 aliphatic carbocycles. The van der Waals surface area contributed by atoms with Crippen molar-refractivity contribution in [2.24, 2.45) is 0 Å². The van der Waals surface area contributed by atoms with Crippen molar-refractivity contribution in [1.82, 2.24) is 5.32 Å². The zero-order chi connectivity index (χ0) is 13.7. The maximum absolute atomic E-state index is 12.2. The summed E-state index contributed by atoms with van der Waals surface area (Å²) in [4.78, 5) is 23.6. The van der Waals surface area contributed by atoms with Crippen molar-refractivity contribution in [3.8, 4) is 5.75 Å². The Kier molecular flexibility index (Phi) is 4.16. The van der Waals surface area contributed by atoms with E-state index < -0.39 is 17.3 Å². The van der Waals surface area contributed by atoms with Gasteiger partial charge in [0.2, 0.25) is 5.78 Å². The quantitative estimate of drug-likeness (QED) is 0.781. The van der Waals surface area contributed by atoms with Crippen LogP contribution in [-0.2, 0) is 9.59 Å². The van der Waals surface area contributed by atoms with Crippen molar-refractivity contribution in [1.29, 1.82) is 0 Å². The Bertz CT molecular complexity index is 452. The highest BCUT2D eigenvalue weighted by atomic mass is 16.5. The van der Waals surface area contributed by atoms with Crippen LogP contribution in [0.3, 0.4) is 0 Å². The summed E-state index contributed by atoms with van der Waals surface area (Å²) in [7, 11) is 0. The number of nitrogens with one attached hydrogen (secondary N) is 1. The van der Waals surface area contributed by atoms with Crippen molar-refractivity contribution >= 4 is 11.8 Å². The van der Waals surface area contributed by atoms with E-state index >= 15 is 0 Å². The number of carbonyl (C=O) groups is 2. The lowest BCUT2D eigenvalue weighted by atomic mass is 9.85. The van der Waals surface area contributed by atoms with Crippen LogP contribution in [0, 0.1) is 0 Å². The third-order valence-corrected chi connectivity index (χ3v) is 3.36. The van der Waals surface area contributed by atoms with E-state index in [1.165, 1.54) is 0 Å². The van der Waals surface area contributed by atoms with Crippen molar-refractivity contribution in [3.05, 3.63) is 30.3 Å². The molecule has 19 heavy (non-hydrogen) atoms. The highest BCUT2D eigenvalue weighted by Crippen LogP contribution is 2.21. The fourth-order valence-electron chi connectivity index (χ4n) is 2.23. The van der Waals surface area contributed by atoms with E-state index in [-0.39, 0.29) is 6.61 Å². The third-order valence-electron chi connectivity index (χ3n) is 3.36.